The smallest absolute Gasteiger partial charge is 0.264 e. The number of halogens is 2. The first-order valence-electron chi connectivity index (χ1n) is 4.44. The molecule has 0 aliphatic heterocycles. The Hall–Kier alpha value is -1.54. The molecular weight excluding hydrogens is 200 g/mol. The fraction of sp³-hybridized carbons (Fsp3) is 0.400. The molecule has 1 rings (SSSR count). The van der Waals surface area contributed by atoms with Crippen LogP contribution in [0.5, 0.6) is 0 Å². The van der Waals surface area contributed by atoms with E-state index >= 15 is 0 Å². The number of aryl methyl sites for hydroxylation is 1. The van der Waals surface area contributed by atoms with Gasteiger partial charge in [-0.15, -0.1) is 0 Å². The molecule has 3 nitrogen and oxygen atoms in total. The van der Waals surface area contributed by atoms with Crippen molar-refractivity contribution in [3.05, 3.63) is 28.6 Å². The number of nitriles is 1. The number of nitrogens with two attached hydrogens (primary N) is 1. The fourth-order valence-electron chi connectivity index (χ4n) is 1.44. The van der Waals surface area contributed by atoms with Gasteiger partial charge in [-0.2, -0.15) is 5.26 Å². The van der Waals surface area contributed by atoms with Crippen molar-refractivity contribution in [2.24, 2.45) is 5.73 Å². The largest absolute Gasteiger partial charge is 0.325 e. The summed E-state index contributed by atoms with van der Waals surface area (Å²) < 4.78 is 25.3. The zero-order valence-corrected chi connectivity index (χ0v) is 8.30. The molecular formula is C10H11F2N3. The summed E-state index contributed by atoms with van der Waals surface area (Å²) in [6, 6.07) is 3.15. The molecule has 0 saturated heterocycles. The molecule has 5 heteroatoms. The molecule has 0 aliphatic carbocycles. The van der Waals surface area contributed by atoms with Gasteiger partial charge in [0.15, 0.2) is 0 Å². The zero-order chi connectivity index (χ0) is 11.4. The molecule has 15 heavy (non-hydrogen) atoms. The van der Waals surface area contributed by atoms with Crippen LogP contribution >= 0.6 is 0 Å². The van der Waals surface area contributed by atoms with E-state index in [1.807, 2.05) is 6.07 Å². The number of rotatable bonds is 3. The Labute approximate surface area is 86.5 Å². The van der Waals surface area contributed by atoms with Crippen molar-refractivity contribution < 1.29 is 8.78 Å². The fourth-order valence-corrected chi connectivity index (χ4v) is 1.44. The molecule has 0 spiro atoms. The van der Waals surface area contributed by atoms with Crippen LogP contribution in [0.2, 0.25) is 0 Å². The molecule has 0 aliphatic rings. The van der Waals surface area contributed by atoms with E-state index in [4.69, 9.17) is 11.0 Å². The first kappa shape index (κ1) is 11.5. The minimum Gasteiger partial charge on any atom is -0.325 e. The summed E-state index contributed by atoms with van der Waals surface area (Å²) in [5, 5.41) is 8.55. The van der Waals surface area contributed by atoms with Gasteiger partial charge in [0, 0.05) is 17.8 Å². The molecule has 0 bridgehead atoms. The highest BCUT2D eigenvalue weighted by atomic mass is 19.3. The SMILES string of the molecule is Cc1cc(C(F)F)c(CC#N)c(CN)n1. The zero-order valence-electron chi connectivity index (χ0n) is 8.30. The first-order chi connectivity index (χ1) is 7.10. The molecule has 0 fully saturated rings. The Morgan fingerprint density at radius 3 is 2.73 bits per heavy atom. The van der Waals surface area contributed by atoms with Gasteiger partial charge in [-0.05, 0) is 18.6 Å². The van der Waals surface area contributed by atoms with Gasteiger partial charge in [0.1, 0.15) is 0 Å². The Bertz CT molecular complexity index is 396. The molecule has 0 aromatic carbocycles. The second kappa shape index (κ2) is 4.80. The Morgan fingerprint density at radius 2 is 2.27 bits per heavy atom. The van der Waals surface area contributed by atoms with Gasteiger partial charge in [-0.1, -0.05) is 0 Å². The van der Waals surface area contributed by atoms with Gasteiger partial charge < -0.3 is 5.73 Å². The lowest BCUT2D eigenvalue weighted by atomic mass is 10.0. The second-order valence-corrected chi connectivity index (χ2v) is 3.12. The first-order valence-corrected chi connectivity index (χ1v) is 4.44. The molecule has 1 heterocycles. The van der Waals surface area contributed by atoms with Gasteiger partial charge >= 0.3 is 0 Å². The Morgan fingerprint density at radius 1 is 1.60 bits per heavy atom. The van der Waals surface area contributed by atoms with E-state index in [9.17, 15) is 8.78 Å². The summed E-state index contributed by atoms with van der Waals surface area (Å²) >= 11 is 0. The van der Waals surface area contributed by atoms with Crippen molar-refractivity contribution >= 4 is 0 Å². The lowest BCUT2D eigenvalue weighted by Gasteiger charge is -2.11. The highest BCUT2D eigenvalue weighted by Gasteiger charge is 2.17. The van der Waals surface area contributed by atoms with E-state index in [2.05, 4.69) is 4.98 Å². The van der Waals surface area contributed by atoms with E-state index in [0.29, 0.717) is 11.4 Å². The minimum atomic E-state index is -2.60. The number of pyridine rings is 1. The number of hydrogen-bond acceptors (Lipinski definition) is 3. The van der Waals surface area contributed by atoms with Gasteiger partial charge in [0.2, 0.25) is 0 Å². The van der Waals surface area contributed by atoms with Crippen molar-refractivity contribution in [2.75, 3.05) is 0 Å². The summed E-state index contributed by atoms with van der Waals surface area (Å²) in [6.45, 7) is 1.69. The lowest BCUT2D eigenvalue weighted by Crippen LogP contribution is -2.09. The summed E-state index contributed by atoms with van der Waals surface area (Å²) in [5.41, 5.74) is 6.41. The molecule has 0 unspecified atom stereocenters. The summed E-state index contributed by atoms with van der Waals surface area (Å²) in [5.74, 6) is 0. The van der Waals surface area contributed by atoms with Crippen LogP contribution in [0, 0.1) is 18.3 Å². The van der Waals surface area contributed by atoms with Gasteiger partial charge in [0.05, 0.1) is 18.2 Å². The highest BCUT2D eigenvalue weighted by Crippen LogP contribution is 2.25. The normalized spacial score (nSPS) is 10.4. The van der Waals surface area contributed by atoms with Gasteiger partial charge in [0.25, 0.3) is 6.43 Å². The molecule has 2 N–H and O–H groups in total. The predicted octanol–water partition coefficient (Wildman–Crippen LogP) is 1.85. The van der Waals surface area contributed by atoms with Crippen LogP contribution in [-0.2, 0) is 13.0 Å². The summed E-state index contributed by atoms with van der Waals surface area (Å²) in [7, 11) is 0. The molecule has 1 aromatic rings. The molecule has 80 valence electrons. The van der Waals surface area contributed by atoms with Gasteiger partial charge in [-0.25, -0.2) is 8.78 Å². The van der Waals surface area contributed by atoms with Crippen LogP contribution in [0.3, 0.4) is 0 Å². The topological polar surface area (TPSA) is 62.7 Å². The standard InChI is InChI=1S/C10H11F2N3/c1-6-4-8(10(11)12)7(2-3-13)9(5-14)15-6/h4,10H,2,5,14H2,1H3. The average molecular weight is 211 g/mol. The summed E-state index contributed by atoms with van der Waals surface area (Å²) in [4.78, 5) is 4.04. The number of hydrogen-bond donors (Lipinski definition) is 1. The number of alkyl halides is 2. The van der Waals surface area contributed by atoms with Crippen molar-refractivity contribution in [1.82, 2.24) is 4.98 Å². The van der Waals surface area contributed by atoms with Crippen molar-refractivity contribution in [2.45, 2.75) is 26.3 Å². The monoisotopic (exact) mass is 211 g/mol. The Kier molecular flexibility index (Phi) is 3.69. The van der Waals surface area contributed by atoms with Crippen molar-refractivity contribution in [3.8, 4) is 6.07 Å². The van der Waals surface area contributed by atoms with E-state index < -0.39 is 6.43 Å². The Balaban J connectivity index is 3.34. The van der Waals surface area contributed by atoms with Crippen LogP contribution in [0.15, 0.2) is 6.07 Å². The van der Waals surface area contributed by atoms with Crippen molar-refractivity contribution in [3.63, 3.8) is 0 Å². The van der Waals surface area contributed by atoms with Crippen LogP contribution in [0.4, 0.5) is 8.78 Å². The van der Waals surface area contributed by atoms with Crippen LogP contribution in [-0.4, -0.2) is 4.98 Å². The maximum absolute atomic E-state index is 12.7. The predicted molar refractivity (Wildman–Crippen MR) is 51.1 cm³/mol. The molecule has 0 radical (unpaired) electrons. The number of nitrogens with zero attached hydrogens (tertiary/aromatic N) is 2. The lowest BCUT2D eigenvalue weighted by molar-refractivity contribution is 0.150. The van der Waals surface area contributed by atoms with Crippen LogP contribution in [0.25, 0.3) is 0 Å². The van der Waals surface area contributed by atoms with E-state index in [0.717, 1.165) is 0 Å². The van der Waals surface area contributed by atoms with E-state index in [1.165, 1.54) is 6.07 Å². The van der Waals surface area contributed by atoms with Crippen LogP contribution in [0.1, 0.15) is 28.9 Å². The average Bonchev–Trinajstić information content (AvgIpc) is 2.19. The van der Waals surface area contributed by atoms with E-state index in [-0.39, 0.29) is 24.1 Å². The van der Waals surface area contributed by atoms with E-state index in [1.54, 1.807) is 6.92 Å². The minimum absolute atomic E-state index is 0.0679. The quantitative estimate of drug-likeness (QED) is 0.829. The molecule has 1 aromatic heterocycles. The summed E-state index contributed by atoms with van der Waals surface area (Å²) in [6.07, 6.45) is -2.68. The highest BCUT2D eigenvalue weighted by molar-refractivity contribution is 5.35. The third-order valence-electron chi connectivity index (χ3n) is 2.06. The third kappa shape index (κ3) is 2.48. The maximum Gasteiger partial charge on any atom is 0.264 e. The molecule has 0 atom stereocenters. The molecule has 0 saturated carbocycles. The molecule has 0 amide bonds. The maximum atomic E-state index is 12.7. The van der Waals surface area contributed by atoms with Crippen molar-refractivity contribution in [1.29, 1.82) is 5.26 Å². The third-order valence-corrected chi connectivity index (χ3v) is 2.06. The van der Waals surface area contributed by atoms with Crippen LogP contribution < -0.4 is 5.73 Å². The van der Waals surface area contributed by atoms with Gasteiger partial charge in [-0.3, -0.25) is 4.98 Å². The second-order valence-electron chi connectivity index (χ2n) is 3.12. The number of aromatic nitrogens is 1.